The molecule has 0 aliphatic carbocycles. The third kappa shape index (κ3) is 4.09. The van der Waals surface area contributed by atoms with Crippen LogP contribution in [0.2, 0.25) is 0 Å². The van der Waals surface area contributed by atoms with Gasteiger partial charge >= 0.3 is 0 Å². The van der Waals surface area contributed by atoms with Gasteiger partial charge in [0.1, 0.15) is 0 Å². The minimum Gasteiger partial charge on any atom is -0.493 e. The molecule has 2 aromatic rings. The first-order valence-electron chi connectivity index (χ1n) is 6.18. The van der Waals surface area contributed by atoms with Crippen molar-refractivity contribution in [3.63, 3.8) is 0 Å². The van der Waals surface area contributed by atoms with Gasteiger partial charge in [0, 0.05) is 16.2 Å². The van der Waals surface area contributed by atoms with E-state index in [4.69, 9.17) is 21.7 Å². The lowest BCUT2D eigenvalue weighted by molar-refractivity contribution is 0.355. The summed E-state index contributed by atoms with van der Waals surface area (Å²) < 4.78 is 11.4. The van der Waals surface area contributed by atoms with Crippen LogP contribution in [0.15, 0.2) is 46.9 Å². The molecule has 0 aliphatic heterocycles. The summed E-state index contributed by atoms with van der Waals surface area (Å²) in [5.74, 6) is 1.32. The quantitative estimate of drug-likeness (QED) is 0.790. The smallest absolute Gasteiger partial charge is 0.175 e. The van der Waals surface area contributed by atoms with E-state index in [1.807, 2.05) is 42.5 Å². The van der Waals surface area contributed by atoms with Gasteiger partial charge in [-0.25, -0.2) is 0 Å². The molecule has 0 aliphatic rings. The Morgan fingerprint density at radius 1 is 1.00 bits per heavy atom. The molecule has 0 spiro atoms. The van der Waals surface area contributed by atoms with Crippen molar-refractivity contribution in [3.05, 3.63) is 46.9 Å². The van der Waals surface area contributed by atoms with Crippen LogP contribution in [0.3, 0.4) is 0 Å². The van der Waals surface area contributed by atoms with Crippen molar-refractivity contribution in [1.82, 2.24) is 0 Å². The summed E-state index contributed by atoms with van der Waals surface area (Å²) in [6, 6.07) is 13.3. The maximum Gasteiger partial charge on any atom is 0.175 e. The zero-order valence-corrected chi connectivity index (χ0v) is 14.0. The minimum atomic E-state index is 0.495. The normalized spacial score (nSPS) is 9.86. The van der Waals surface area contributed by atoms with E-state index in [1.165, 1.54) is 0 Å². The van der Waals surface area contributed by atoms with Crippen LogP contribution >= 0.6 is 28.1 Å². The standard InChI is InChI=1S/C15H15BrN2O2S/c1-19-13-8-7-10(9-14(13)20-2)17-15(21)18-12-6-4-3-5-11(12)16/h3-9H,1-2H3,(H2,17,18,21). The highest BCUT2D eigenvalue weighted by atomic mass is 79.9. The lowest BCUT2D eigenvalue weighted by Crippen LogP contribution is -2.19. The monoisotopic (exact) mass is 366 g/mol. The number of ether oxygens (including phenoxy) is 2. The maximum atomic E-state index is 5.30. The van der Waals surface area contributed by atoms with Crippen molar-refractivity contribution in [1.29, 1.82) is 0 Å². The molecule has 2 rings (SSSR count). The first kappa shape index (κ1) is 15.6. The zero-order chi connectivity index (χ0) is 15.2. The number of hydrogen-bond donors (Lipinski definition) is 2. The van der Waals surface area contributed by atoms with Crippen LogP contribution in [-0.2, 0) is 0 Å². The van der Waals surface area contributed by atoms with Crippen molar-refractivity contribution in [2.45, 2.75) is 0 Å². The van der Waals surface area contributed by atoms with Crippen LogP contribution < -0.4 is 20.1 Å². The molecule has 0 amide bonds. The molecule has 4 nitrogen and oxygen atoms in total. The van der Waals surface area contributed by atoms with Crippen LogP contribution in [0.25, 0.3) is 0 Å². The summed E-state index contributed by atoms with van der Waals surface area (Å²) in [6.45, 7) is 0. The lowest BCUT2D eigenvalue weighted by atomic mass is 10.3. The van der Waals surface area contributed by atoms with Crippen molar-refractivity contribution >= 4 is 44.6 Å². The van der Waals surface area contributed by atoms with Crippen LogP contribution in [0.5, 0.6) is 11.5 Å². The van der Waals surface area contributed by atoms with E-state index in [0.717, 1.165) is 15.8 Å². The molecule has 21 heavy (non-hydrogen) atoms. The van der Waals surface area contributed by atoms with Crippen molar-refractivity contribution < 1.29 is 9.47 Å². The van der Waals surface area contributed by atoms with Gasteiger partial charge in [-0.1, -0.05) is 12.1 Å². The Balaban J connectivity index is 2.08. The third-order valence-corrected chi connectivity index (χ3v) is 3.66. The number of hydrogen-bond acceptors (Lipinski definition) is 3. The number of anilines is 2. The Morgan fingerprint density at radius 2 is 1.71 bits per heavy atom. The second-order valence-corrected chi connectivity index (χ2v) is 5.39. The number of halogens is 1. The Hall–Kier alpha value is -1.79. The summed E-state index contributed by atoms with van der Waals surface area (Å²) in [7, 11) is 3.20. The topological polar surface area (TPSA) is 42.5 Å². The van der Waals surface area contributed by atoms with Gasteiger partial charge in [0.05, 0.1) is 19.9 Å². The number of rotatable bonds is 4. The number of nitrogens with one attached hydrogen (secondary N) is 2. The summed E-state index contributed by atoms with van der Waals surface area (Å²) in [5, 5.41) is 6.73. The molecule has 0 saturated carbocycles. The second-order valence-electron chi connectivity index (χ2n) is 4.13. The predicted molar refractivity (Wildman–Crippen MR) is 93.5 cm³/mol. The first-order valence-corrected chi connectivity index (χ1v) is 7.38. The Kier molecular flexibility index (Phi) is 5.41. The Bertz CT molecular complexity index is 649. The molecule has 0 heterocycles. The molecule has 0 fully saturated rings. The molecule has 0 bridgehead atoms. The van der Waals surface area contributed by atoms with E-state index >= 15 is 0 Å². The van der Waals surface area contributed by atoms with Gasteiger partial charge in [0.25, 0.3) is 0 Å². The molecule has 2 N–H and O–H groups in total. The first-order chi connectivity index (χ1) is 10.1. The van der Waals surface area contributed by atoms with E-state index in [-0.39, 0.29) is 0 Å². The average Bonchev–Trinajstić information content (AvgIpc) is 2.49. The molecular weight excluding hydrogens is 352 g/mol. The highest BCUT2D eigenvalue weighted by Gasteiger charge is 2.06. The van der Waals surface area contributed by atoms with Gasteiger partial charge in [0.15, 0.2) is 16.6 Å². The van der Waals surface area contributed by atoms with Gasteiger partial charge in [-0.2, -0.15) is 0 Å². The van der Waals surface area contributed by atoms with Gasteiger partial charge in [-0.3, -0.25) is 0 Å². The predicted octanol–water partition coefficient (Wildman–Crippen LogP) is 4.28. The second kappa shape index (κ2) is 7.28. The fraction of sp³-hybridized carbons (Fsp3) is 0.133. The Morgan fingerprint density at radius 3 is 2.38 bits per heavy atom. The number of methoxy groups -OCH3 is 2. The Labute approximate surface area is 137 Å². The van der Waals surface area contributed by atoms with Gasteiger partial charge < -0.3 is 20.1 Å². The highest BCUT2D eigenvalue weighted by Crippen LogP contribution is 2.30. The van der Waals surface area contributed by atoms with Crippen LogP contribution in [0.1, 0.15) is 0 Å². The molecule has 0 radical (unpaired) electrons. The van der Waals surface area contributed by atoms with Crippen molar-refractivity contribution in [2.24, 2.45) is 0 Å². The largest absolute Gasteiger partial charge is 0.493 e. The van der Waals surface area contributed by atoms with Gasteiger partial charge in [-0.15, -0.1) is 0 Å². The van der Waals surface area contributed by atoms with E-state index in [2.05, 4.69) is 26.6 Å². The fourth-order valence-electron chi connectivity index (χ4n) is 1.76. The van der Waals surface area contributed by atoms with Crippen LogP contribution in [-0.4, -0.2) is 19.3 Å². The zero-order valence-electron chi connectivity index (χ0n) is 11.6. The summed E-state index contributed by atoms with van der Waals surface area (Å²) in [5.41, 5.74) is 1.72. The minimum absolute atomic E-state index is 0.495. The lowest BCUT2D eigenvalue weighted by Gasteiger charge is -2.13. The molecule has 0 saturated heterocycles. The van der Waals surface area contributed by atoms with Crippen molar-refractivity contribution in [2.75, 3.05) is 24.9 Å². The highest BCUT2D eigenvalue weighted by molar-refractivity contribution is 9.10. The fourth-order valence-corrected chi connectivity index (χ4v) is 2.37. The van der Waals surface area contributed by atoms with Gasteiger partial charge in [0.2, 0.25) is 0 Å². The molecule has 0 atom stereocenters. The summed E-state index contributed by atoms with van der Waals surface area (Å²) in [6.07, 6.45) is 0. The number of thiocarbonyl (C=S) groups is 1. The van der Waals surface area contributed by atoms with Crippen LogP contribution in [0, 0.1) is 0 Å². The van der Waals surface area contributed by atoms with E-state index in [0.29, 0.717) is 16.6 Å². The van der Waals surface area contributed by atoms with Gasteiger partial charge in [-0.05, 0) is 52.4 Å². The molecule has 0 aromatic heterocycles. The van der Waals surface area contributed by atoms with E-state index in [9.17, 15) is 0 Å². The molecule has 0 unspecified atom stereocenters. The molecule has 2 aromatic carbocycles. The van der Waals surface area contributed by atoms with Crippen molar-refractivity contribution in [3.8, 4) is 11.5 Å². The maximum absolute atomic E-state index is 5.30. The SMILES string of the molecule is COc1ccc(NC(=S)Nc2ccccc2Br)cc1OC. The summed E-state index contributed by atoms with van der Waals surface area (Å²) >= 11 is 8.77. The third-order valence-electron chi connectivity index (χ3n) is 2.76. The van der Waals surface area contributed by atoms with E-state index < -0.39 is 0 Å². The van der Waals surface area contributed by atoms with E-state index in [1.54, 1.807) is 14.2 Å². The number of benzene rings is 2. The number of para-hydroxylation sites is 1. The average molecular weight is 367 g/mol. The summed E-state index contributed by atoms with van der Waals surface area (Å²) in [4.78, 5) is 0. The van der Waals surface area contributed by atoms with Crippen LogP contribution in [0.4, 0.5) is 11.4 Å². The molecule has 110 valence electrons. The molecule has 6 heteroatoms. The molecular formula is C15H15BrN2O2S.